The summed E-state index contributed by atoms with van der Waals surface area (Å²) in [6, 6.07) is 5.39. The molecule has 4 heteroatoms. The van der Waals surface area contributed by atoms with Gasteiger partial charge in [0.1, 0.15) is 0 Å². The van der Waals surface area contributed by atoms with Crippen molar-refractivity contribution in [2.75, 3.05) is 19.6 Å². The molecule has 2 N–H and O–H groups in total. The first-order valence-corrected chi connectivity index (χ1v) is 4.30. The van der Waals surface area contributed by atoms with Crippen molar-refractivity contribution in [1.29, 1.82) is 0 Å². The predicted molar refractivity (Wildman–Crippen MR) is 55.2 cm³/mol. The lowest BCUT2D eigenvalue weighted by molar-refractivity contribution is 0.0963. The number of nitrogens with one attached hydrogen (secondary N) is 2. The lowest BCUT2D eigenvalue weighted by Gasteiger charge is -2.08. The molecule has 1 aromatic carbocycles. The molecule has 0 heterocycles. The molecule has 0 aromatic heterocycles. The van der Waals surface area contributed by atoms with E-state index in [0.29, 0.717) is 5.56 Å². The number of rotatable bonds is 3. The molecule has 0 bridgehead atoms. The highest BCUT2D eigenvalue weighted by Crippen LogP contribution is 2.16. The highest BCUT2D eigenvalue weighted by Gasteiger charge is 2.05. The Balaban J connectivity index is 2.99. The lowest BCUT2D eigenvalue weighted by Crippen LogP contribution is -2.18. The fourth-order valence-corrected chi connectivity index (χ4v) is 1.13. The van der Waals surface area contributed by atoms with E-state index in [4.69, 9.17) is 4.84 Å². The second kappa shape index (κ2) is 4.62. The number of benzene rings is 1. The third-order valence-corrected chi connectivity index (χ3v) is 1.94. The summed E-state index contributed by atoms with van der Waals surface area (Å²) in [5.74, 6) is -0.107. The Bertz CT molecular complexity index is 337. The maximum atomic E-state index is 11.3. The second-order valence-corrected chi connectivity index (χ2v) is 2.92. The molecule has 0 aliphatic rings. The molecule has 0 fully saturated rings. The maximum absolute atomic E-state index is 11.3. The van der Waals surface area contributed by atoms with Gasteiger partial charge in [-0.25, -0.2) is 0 Å². The first-order chi connectivity index (χ1) is 6.69. The van der Waals surface area contributed by atoms with E-state index < -0.39 is 0 Å². The van der Waals surface area contributed by atoms with Crippen LogP contribution in [0, 0.1) is 6.92 Å². The van der Waals surface area contributed by atoms with E-state index in [-0.39, 0.29) is 5.91 Å². The highest BCUT2D eigenvalue weighted by molar-refractivity contribution is 5.95. The minimum Gasteiger partial charge on any atom is -0.355 e. The number of hydrogen-bond acceptors (Lipinski definition) is 3. The van der Waals surface area contributed by atoms with Gasteiger partial charge < -0.3 is 5.32 Å². The molecule has 1 rings (SSSR count). The van der Waals surface area contributed by atoms with E-state index in [9.17, 15) is 4.79 Å². The molecule has 76 valence electrons. The van der Waals surface area contributed by atoms with E-state index in [2.05, 4.69) is 10.8 Å². The zero-order valence-corrected chi connectivity index (χ0v) is 8.55. The minimum absolute atomic E-state index is 0.107. The van der Waals surface area contributed by atoms with Gasteiger partial charge in [0.05, 0.1) is 12.8 Å². The van der Waals surface area contributed by atoms with Gasteiger partial charge in [-0.2, -0.15) is 0 Å². The van der Waals surface area contributed by atoms with Crippen LogP contribution in [0.2, 0.25) is 0 Å². The molecule has 4 nitrogen and oxygen atoms in total. The smallest absolute Gasteiger partial charge is 0.251 e. The van der Waals surface area contributed by atoms with E-state index in [1.807, 2.05) is 13.0 Å². The first-order valence-electron chi connectivity index (χ1n) is 4.30. The number of aryl methyl sites for hydroxylation is 1. The maximum Gasteiger partial charge on any atom is 0.251 e. The number of hydrogen-bond donors (Lipinski definition) is 2. The first kappa shape index (κ1) is 10.5. The lowest BCUT2D eigenvalue weighted by atomic mass is 10.1. The Morgan fingerprint density at radius 3 is 2.71 bits per heavy atom. The van der Waals surface area contributed by atoms with E-state index in [1.165, 1.54) is 7.11 Å². The zero-order chi connectivity index (χ0) is 10.6. The summed E-state index contributed by atoms with van der Waals surface area (Å²) in [4.78, 5) is 16.1. The number of anilines is 1. The van der Waals surface area contributed by atoms with Gasteiger partial charge in [-0.05, 0) is 24.6 Å². The van der Waals surface area contributed by atoms with Gasteiger partial charge in [0.25, 0.3) is 5.91 Å². The van der Waals surface area contributed by atoms with Crippen molar-refractivity contribution < 1.29 is 9.63 Å². The molecular formula is C10H14N2O2. The Morgan fingerprint density at radius 1 is 1.43 bits per heavy atom. The van der Waals surface area contributed by atoms with Crippen molar-refractivity contribution in [2.24, 2.45) is 0 Å². The van der Waals surface area contributed by atoms with Crippen LogP contribution in [0.3, 0.4) is 0 Å². The summed E-state index contributed by atoms with van der Waals surface area (Å²) in [5, 5.41) is 2.56. The van der Waals surface area contributed by atoms with E-state index in [0.717, 1.165) is 11.3 Å². The van der Waals surface area contributed by atoms with Crippen LogP contribution in [0.4, 0.5) is 5.69 Å². The van der Waals surface area contributed by atoms with E-state index >= 15 is 0 Å². The average molecular weight is 194 g/mol. The monoisotopic (exact) mass is 194 g/mol. The van der Waals surface area contributed by atoms with Crippen LogP contribution >= 0.6 is 0 Å². The van der Waals surface area contributed by atoms with Crippen LogP contribution < -0.4 is 10.8 Å². The molecule has 14 heavy (non-hydrogen) atoms. The van der Waals surface area contributed by atoms with Crippen LogP contribution in [0.1, 0.15) is 15.9 Å². The Kier molecular flexibility index (Phi) is 3.48. The fraction of sp³-hybridized carbons (Fsp3) is 0.300. The topological polar surface area (TPSA) is 50.4 Å². The van der Waals surface area contributed by atoms with Gasteiger partial charge in [-0.1, -0.05) is 6.07 Å². The van der Waals surface area contributed by atoms with Crippen molar-refractivity contribution in [2.45, 2.75) is 6.92 Å². The Hall–Kier alpha value is -1.55. The Labute approximate surface area is 83.2 Å². The van der Waals surface area contributed by atoms with Gasteiger partial charge in [0, 0.05) is 12.6 Å². The van der Waals surface area contributed by atoms with Crippen molar-refractivity contribution in [3.8, 4) is 0 Å². The molecule has 0 atom stereocenters. The number of amides is 1. The van der Waals surface area contributed by atoms with Crippen LogP contribution in [-0.2, 0) is 4.84 Å². The molecule has 0 unspecified atom stereocenters. The quantitative estimate of drug-likeness (QED) is 0.714. The molecule has 0 saturated carbocycles. The van der Waals surface area contributed by atoms with Crippen LogP contribution in [0.25, 0.3) is 0 Å². The third kappa shape index (κ3) is 2.23. The third-order valence-electron chi connectivity index (χ3n) is 1.94. The second-order valence-electron chi connectivity index (χ2n) is 2.92. The van der Waals surface area contributed by atoms with Crippen molar-refractivity contribution in [1.82, 2.24) is 5.32 Å². The predicted octanol–water partition coefficient (Wildman–Crippen LogP) is 1.33. The van der Waals surface area contributed by atoms with Gasteiger partial charge >= 0.3 is 0 Å². The molecule has 1 aromatic rings. The molecule has 0 aliphatic carbocycles. The van der Waals surface area contributed by atoms with Crippen molar-refractivity contribution in [3.63, 3.8) is 0 Å². The van der Waals surface area contributed by atoms with Crippen molar-refractivity contribution >= 4 is 11.6 Å². The number of carbonyl (C=O) groups excluding carboxylic acids is 1. The standard InChI is InChI=1S/C10H14N2O2/c1-7-4-5-8(10(13)11-2)6-9(7)12-14-3/h4-6,12H,1-3H3,(H,11,13). The molecule has 1 amide bonds. The number of carbonyl (C=O) groups is 1. The minimum atomic E-state index is -0.107. The summed E-state index contributed by atoms with van der Waals surface area (Å²) in [5.41, 5.74) is 5.15. The summed E-state index contributed by atoms with van der Waals surface area (Å²) >= 11 is 0. The summed E-state index contributed by atoms with van der Waals surface area (Å²) in [7, 11) is 3.14. The van der Waals surface area contributed by atoms with Gasteiger partial charge in [0.15, 0.2) is 0 Å². The van der Waals surface area contributed by atoms with Gasteiger partial charge in [-0.3, -0.25) is 15.1 Å². The van der Waals surface area contributed by atoms with Crippen LogP contribution in [0.15, 0.2) is 18.2 Å². The SMILES string of the molecule is CNC(=O)c1ccc(C)c(NOC)c1. The molecule has 0 saturated heterocycles. The van der Waals surface area contributed by atoms with Gasteiger partial charge in [-0.15, -0.1) is 0 Å². The summed E-state index contributed by atoms with van der Waals surface area (Å²) in [6.45, 7) is 1.94. The normalized spacial score (nSPS) is 9.64. The van der Waals surface area contributed by atoms with Crippen molar-refractivity contribution in [3.05, 3.63) is 29.3 Å². The zero-order valence-electron chi connectivity index (χ0n) is 8.55. The highest BCUT2D eigenvalue weighted by atomic mass is 16.6. The molecular weight excluding hydrogens is 180 g/mol. The fourth-order valence-electron chi connectivity index (χ4n) is 1.13. The molecule has 0 spiro atoms. The largest absolute Gasteiger partial charge is 0.355 e. The summed E-state index contributed by atoms with van der Waals surface area (Å²) in [6.07, 6.45) is 0. The Morgan fingerprint density at radius 2 is 2.14 bits per heavy atom. The summed E-state index contributed by atoms with van der Waals surface area (Å²) < 4.78 is 0. The van der Waals surface area contributed by atoms with Crippen LogP contribution in [0.5, 0.6) is 0 Å². The van der Waals surface area contributed by atoms with E-state index in [1.54, 1.807) is 19.2 Å². The molecule has 0 radical (unpaired) electrons. The van der Waals surface area contributed by atoms with Gasteiger partial charge in [0.2, 0.25) is 0 Å². The average Bonchev–Trinajstić information content (AvgIpc) is 2.20. The molecule has 0 aliphatic heterocycles. The van der Waals surface area contributed by atoms with Crippen LogP contribution in [-0.4, -0.2) is 20.1 Å².